The summed E-state index contributed by atoms with van der Waals surface area (Å²) in [6.07, 6.45) is 3.32. The van der Waals surface area contributed by atoms with Gasteiger partial charge in [0.1, 0.15) is 11.9 Å². The standard InChI is InChI=1S/C10H13N5O/c1-12-10(16)3-4-15(2)9-7-13-8(5-11)6-14-9/h6-7H,3-4H2,1-2H3,(H,12,16). The van der Waals surface area contributed by atoms with Crippen LogP contribution in [0.4, 0.5) is 5.82 Å². The van der Waals surface area contributed by atoms with E-state index < -0.39 is 0 Å². The maximum Gasteiger partial charge on any atom is 0.221 e. The molecule has 0 aliphatic carbocycles. The topological polar surface area (TPSA) is 81.9 Å². The molecule has 6 nitrogen and oxygen atoms in total. The van der Waals surface area contributed by atoms with Crippen LogP contribution < -0.4 is 10.2 Å². The zero-order chi connectivity index (χ0) is 12.0. The Bertz CT molecular complexity index is 395. The Hall–Kier alpha value is -2.16. The lowest BCUT2D eigenvalue weighted by molar-refractivity contribution is -0.120. The van der Waals surface area contributed by atoms with Gasteiger partial charge in [-0.1, -0.05) is 0 Å². The van der Waals surface area contributed by atoms with Crippen molar-refractivity contribution in [3.63, 3.8) is 0 Å². The molecule has 1 aromatic rings. The van der Waals surface area contributed by atoms with Gasteiger partial charge in [0, 0.05) is 27.1 Å². The number of hydrogen-bond acceptors (Lipinski definition) is 5. The summed E-state index contributed by atoms with van der Waals surface area (Å²) in [6.45, 7) is 0.556. The minimum atomic E-state index is -0.0199. The van der Waals surface area contributed by atoms with Crippen LogP contribution in [0.15, 0.2) is 12.4 Å². The summed E-state index contributed by atoms with van der Waals surface area (Å²) in [5, 5.41) is 11.1. The molecule has 0 saturated carbocycles. The van der Waals surface area contributed by atoms with Gasteiger partial charge in [-0.25, -0.2) is 9.97 Å². The van der Waals surface area contributed by atoms with Gasteiger partial charge in [0.25, 0.3) is 0 Å². The Morgan fingerprint density at radius 1 is 1.56 bits per heavy atom. The van der Waals surface area contributed by atoms with Crippen LogP contribution in [-0.4, -0.2) is 36.5 Å². The third kappa shape index (κ3) is 3.20. The molecule has 1 amide bonds. The number of nitrogens with zero attached hydrogens (tertiary/aromatic N) is 4. The monoisotopic (exact) mass is 219 g/mol. The highest BCUT2D eigenvalue weighted by molar-refractivity contribution is 5.76. The van der Waals surface area contributed by atoms with Crippen molar-refractivity contribution in [3.05, 3.63) is 18.1 Å². The number of nitrogens with one attached hydrogen (secondary N) is 1. The molecule has 0 aliphatic heterocycles. The van der Waals surface area contributed by atoms with Crippen molar-refractivity contribution < 1.29 is 4.79 Å². The van der Waals surface area contributed by atoms with Crippen molar-refractivity contribution in [2.45, 2.75) is 6.42 Å². The Kier molecular flexibility index (Phi) is 4.21. The van der Waals surface area contributed by atoms with Crippen molar-refractivity contribution in [1.82, 2.24) is 15.3 Å². The Morgan fingerprint density at radius 3 is 2.81 bits per heavy atom. The average molecular weight is 219 g/mol. The van der Waals surface area contributed by atoms with Gasteiger partial charge in [0.05, 0.1) is 12.4 Å². The van der Waals surface area contributed by atoms with E-state index in [2.05, 4.69) is 15.3 Å². The molecular formula is C10H13N5O. The second-order valence-electron chi connectivity index (χ2n) is 3.22. The number of aromatic nitrogens is 2. The van der Waals surface area contributed by atoms with Crippen molar-refractivity contribution >= 4 is 11.7 Å². The average Bonchev–Trinajstić information content (AvgIpc) is 2.35. The molecule has 0 radical (unpaired) electrons. The summed E-state index contributed by atoms with van der Waals surface area (Å²) in [5.41, 5.74) is 0.281. The van der Waals surface area contributed by atoms with Gasteiger partial charge >= 0.3 is 0 Å². The van der Waals surface area contributed by atoms with Gasteiger partial charge in [-0.05, 0) is 0 Å². The summed E-state index contributed by atoms with van der Waals surface area (Å²) in [5.74, 6) is 0.622. The van der Waals surface area contributed by atoms with E-state index in [1.165, 1.54) is 12.4 Å². The molecular weight excluding hydrogens is 206 g/mol. The largest absolute Gasteiger partial charge is 0.359 e. The third-order valence-electron chi connectivity index (χ3n) is 2.10. The lowest BCUT2D eigenvalue weighted by Gasteiger charge is -2.16. The third-order valence-corrected chi connectivity index (χ3v) is 2.10. The van der Waals surface area contributed by atoms with Crippen LogP contribution in [0.3, 0.4) is 0 Å². The molecule has 0 atom stereocenters. The maximum atomic E-state index is 11.0. The predicted octanol–water partition coefficient (Wildman–Crippen LogP) is -0.0794. The first-order valence-electron chi connectivity index (χ1n) is 4.81. The summed E-state index contributed by atoms with van der Waals surface area (Å²) in [6, 6.07) is 1.90. The first-order chi connectivity index (χ1) is 7.67. The number of carbonyl (C=O) groups excluding carboxylic acids is 1. The van der Waals surface area contributed by atoms with Crippen LogP contribution in [0.5, 0.6) is 0 Å². The van der Waals surface area contributed by atoms with Crippen molar-refractivity contribution in [3.8, 4) is 6.07 Å². The number of nitriles is 1. The minimum absolute atomic E-state index is 0.0199. The summed E-state index contributed by atoms with van der Waals surface area (Å²) in [7, 11) is 3.42. The minimum Gasteiger partial charge on any atom is -0.359 e. The Morgan fingerprint density at radius 2 is 2.31 bits per heavy atom. The van der Waals surface area contributed by atoms with Crippen LogP contribution in [0.1, 0.15) is 12.1 Å². The zero-order valence-corrected chi connectivity index (χ0v) is 9.27. The summed E-state index contributed by atoms with van der Waals surface area (Å²) < 4.78 is 0. The molecule has 0 aliphatic rings. The fraction of sp³-hybridized carbons (Fsp3) is 0.400. The molecule has 0 saturated heterocycles. The molecule has 0 fully saturated rings. The molecule has 1 rings (SSSR count). The fourth-order valence-electron chi connectivity index (χ4n) is 1.08. The van der Waals surface area contributed by atoms with E-state index >= 15 is 0 Å². The van der Waals surface area contributed by atoms with Crippen molar-refractivity contribution in [1.29, 1.82) is 5.26 Å². The van der Waals surface area contributed by atoms with Gasteiger partial charge in [-0.3, -0.25) is 4.79 Å². The zero-order valence-electron chi connectivity index (χ0n) is 9.27. The number of hydrogen-bond donors (Lipinski definition) is 1. The Balaban J connectivity index is 2.56. The number of carbonyl (C=O) groups is 1. The van der Waals surface area contributed by atoms with E-state index in [1.807, 2.05) is 18.0 Å². The van der Waals surface area contributed by atoms with Gasteiger partial charge < -0.3 is 10.2 Å². The van der Waals surface area contributed by atoms with Gasteiger partial charge in [-0.15, -0.1) is 0 Å². The molecule has 6 heteroatoms. The first kappa shape index (κ1) is 11.9. The summed E-state index contributed by atoms with van der Waals surface area (Å²) in [4.78, 5) is 20.8. The second kappa shape index (κ2) is 5.66. The van der Waals surface area contributed by atoms with Crippen LogP contribution in [-0.2, 0) is 4.79 Å². The SMILES string of the molecule is CNC(=O)CCN(C)c1cnc(C#N)cn1. The van der Waals surface area contributed by atoms with Crippen molar-refractivity contribution in [2.75, 3.05) is 25.5 Å². The van der Waals surface area contributed by atoms with Crippen molar-refractivity contribution in [2.24, 2.45) is 0 Å². The van der Waals surface area contributed by atoms with Crippen LogP contribution >= 0.6 is 0 Å². The lowest BCUT2D eigenvalue weighted by Crippen LogP contribution is -2.26. The fourth-order valence-corrected chi connectivity index (χ4v) is 1.08. The number of rotatable bonds is 4. The van der Waals surface area contributed by atoms with Crippen LogP contribution in [0.2, 0.25) is 0 Å². The molecule has 1 aromatic heterocycles. The molecule has 1 heterocycles. The molecule has 0 aromatic carbocycles. The van der Waals surface area contributed by atoms with E-state index in [0.29, 0.717) is 18.8 Å². The smallest absolute Gasteiger partial charge is 0.221 e. The second-order valence-corrected chi connectivity index (χ2v) is 3.22. The molecule has 84 valence electrons. The van der Waals surface area contributed by atoms with E-state index in [1.54, 1.807) is 7.05 Å². The van der Waals surface area contributed by atoms with E-state index in [-0.39, 0.29) is 11.6 Å². The lowest BCUT2D eigenvalue weighted by atomic mass is 10.3. The quantitative estimate of drug-likeness (QED) is 0.766. The van der Waals surface area contributed by atoms with Gasteiger partial charge in [0.2, 0.25) is 5.91 Å². The van der Waals surface area contributed by atoms with Crippen LogP contribution in [0.25, 0.3) is 0 Å². The highest BCUT2D eigenvalue weighted by Gasteiger charge is 2.05. The van der Waals surface area contributed by atoms with Gasteiger partial charge in [0.15, 0.2) is 5.69 Å². The highest BCUT2D eigenvalue weighted by Crippen LogP contribution is 2.06. The van der Waals surface area contributed by atoms with E-state index in [4.69, 9.17) is 5.26 Å². The molecule has 16 heavy (non-hydrogen) atoms. The van der Waals surface area contributed by atoms with E-state index in [9.17, 15) is 4.79 Å². The van der Waals surface area contributed by atoms with E-state index in [0.717, 1.165) is 0 Å². The molecule has 0 spiro atoms. The number of amides is 1. The predicted molar refractivity (Wildman–Crippen MR) is 58.7 cm³/mol. The molecule has 1 N–H and O–H groups in total. The first-order valence-corrected chi connectivity index (χ1v) is 4.81. The number of anilines is 1. The summed E-state index contributed by atoms with van der Waals surface area (Å²) >= 11 is 0. The van der Waals surface area contributed by atoms with Crippen LogP contribution in [0, 0.1) is 11.3 Å². The normalized spacial score (nSPS) is 9.31. The molecule has 0 unspecified atom stereocenters. The highest BCUT2D eigenvalue weighted by atomic mass is 16.1. The van der Waals surface area contributed by atoms with Gasteiger partial charge in [-0.2, -0.15) is 5.26 Å². The maximum absolute atomic E-state index is 11.0. The molecule has 0 bridgehead atoms. The Labute approximate surface area is 93.9 Å².